The molecule has 1 aromatic carbocycles. The fourth-order valence-corrected chi connectivity index (χ4v) is 2.66. The van der Waals surface area contributed by atoms with Crippen LogP contribution >= 0.6 is 0 Å². The van der Waals surface area contributed by atoms with E-state index >= 15 is 0 Å². The molecular formula is C18H14N4O3. The number of nitriles is 1. The highest BCUT2D eigenvalue weighted by molar-refractivity contribution is 6.11. The molecule has 3 rings (SSSR count). The topological polar surface area (TPSA) is 103 Å². The zero-order valence-electron chi connectivity index (χ0n) is 13.4. The number of ketones is 1. The van der Waals surface area contributed by atoms with Crippen LogP contribution in [0.3, 0.4) is 0 Å². The van der Waals surface area contributed by atoms with Gasteiger partial charge in [0.15, 0.2) is 5.78 Å². The second-order valence-electron chi connectivity index (χ2n) is 5.80. The fraction of sp³-hybridized carbons (Fsp3) is 0.167. The van der Waals surface area contributed by atoms with E-state index in [2.05, 4.69) is 10.3 Å². The van der Waals surface area contributed by atoms with Gasteiger partial charge in [-0.05, 0) is 25.1 Å². The number of hydrogen-bond acceptors (Lipinski definition) is 5. The first kappa shape index (κ1) is 16.3. The molecule has 1 aliphatic rings. The van der Waals surface area contributed by atoms with Gasteiger partial charge in [0.2, 0.25) is 0 Å². The molecule has 7 heteroatoms. The summed E-state index contributed by atoms with van der Waals surface area (Å²) in [7, 11) is 0. The van der Waals surface area contributed by atoms with Crippen LogP contribution in [0.4, 0.5) is 4.79 Å². The molecule has 0 bridgehead atoms. The quantitative estimate of drug-likeness (QED) is 0.676. The van der Waals surface area contributed by atoms with E-state index in [-0.39, 0.29) is 12.3 Å². The van der Waals surface area contributed by atoms with Gasteiger partial charge in [-0.15, -0.1) is 0 Å². The average Bonchev–Trinajstić information content (AvgIpc) is 2.86. The van der Waals surface area contributed by atoms with Gasteiger partial charge in [-0.3, -0.25) is 19.5 Å². The molecule has 2 heterocycles. The van der Waals surface area contributed by atoms with Crippen molar-refractivity contribution < 1.29 is 14.4 Å². The Balaban J connectivity index is 1.81. The Hall–Kier alpha value is -3.53. The Morgan fingerprint density at radius 2 is 2.00 bits per heavy atom. The molecule has 7 nitrogen and oxygen atoms in total. The summed E-state index contributed by atoms with van der Waals surface area (Å²) in [5.74, 6) is -0.893. The van der Waals surface area contributed by atoms with Gasteiger partial charge < -0.3 is 5.32 Å². The van der Waals surface area contributed by atoms with E-state index in [0.29, 0.717) is 16.7 Å². The summed E-state index contributed by atoms with van der Waals surface area (Å²) >= 11 is 0. The number of benzene rings is 1. The molecule has 1 saturated heterocycles. The van der Waals surface area contributed by atoms with Crippen LogP contribution in [0.2, 0.25) is 0 Å². The van der Waals surface area contributed by atoms with E-state index in [1.165, 1.54) is 30.5 Å². The van der Waals surface area contributed by atoms with E-state index in [4.69, 9.17) is 5.26 Å². The molecule has 1 aromatic heterocycles. The second-order valence-corrected chi connectivity index (χ2v) is 5.80. The Labute approximate surface area is 143 Å². The zero-order valence-corrected chi connectivity index (χ0v) is 13.4. The highest BCUT2D eigenvalue weighted by atomic mass is 16.2. The SMILES string of the molecule is C[C@]1(c2cccnc2)NC(=O)N(CC(=O)c2ccc(C#N)cc2)C1=O. The van der Waals surface area contributed by atoms with Crippen molar-refractivity contribution in [2.24, 2.45) is 0 Å². The van der Waals surface area contributed by atoms with Crippen LogP contribution in [0.1, 0.15) is 28.4 Å². The van der Waals surface area contributed by atoms with Crippen LogP contribution in [0, 0.1) is 11.3 Å². The number of rotatable bonds is 4. The maximum atomic E-state index is 12.7. The van der Waals surface area contributed by atoms with Gasteiger partial charge in [0.25, 0.3) is 5.91 Å². The number of imide groups is 1. The number of carbonyl (C=O) groups excluding carboxylic acids is 3. The minimum atomic E-state index is -1.25. The van der Waals surface area contributed by atoms with Crippen LogP contribution in [0.15, 0.2) is 48.8 Å². The Morgan fingerprint density at radius 1 is 1.28 bits per heavy atom. The van der Waals surface area contributed by atoms with Gasteiger partial charge in [0.05, 0.1) is 18.2 Å². The first-order chi connectivity index (χ1) is 12.0. The molecule has 2 aromatic rings. The van der Waals surface area contributed by atoms with Gasteiger partial charge in [-0.2, -0.15) is 5.26 Å². The van der Waals surface area contributed by atoms with Gasteiger partial charge in [-0.25, -0.2) is 4.79 Å². The first-order valence-electron chi connectivity index (χ1n) is 7.53. The molecule has 0 saturated carbocycles. The summed E-state index contributed by atoms with van der Waals surface area (Å²) in [6, 6.07) is 10.7. The van der Waals surface area contributed by atoms with Crippen molar-refractivity contribution in [3.63, 3.8) is 0 Å². The smallest absolute Gasteiger partial charge is 0.319 e. The summed E-state index contributed by atoms with van der Waals surface area (Å²) in [6.45, 7) is 1.21. The molecule has 25 heavy (non-hydrogen) atoms. The van der Waals surface area contributed by atoms with Crippen molar-refractivity contribution in [1.82, 2.24) is 15.2 Å². The molecule has 3 amide bonds. The molecule has 1 N–H and O–H groups in total. The standard InChI is InChI=1S/C18H14N4O3/c1-18(14-3-2-8-20-10-14)16(24)22(17(25)21-18)11-15(23)13-6-4-12(9-19)5-7-13/h2-8,10H,11H2,1H3,(H,21,25)/t18-/m1/s1. The molecule has 1 atom stereocenters. The van der Waals surface area contributed by atoms with Crippen LogP contribution < -0.4 is 5.32 Å². The van der Waals surface area contributed by atoms with Crippen molar-refractivity contribution in [2.75, 3.05) is 6.54 Å². The number of aromatic nitrogens is 1. The van der Waals surface area contributed by atoms with Crippen LogP contribution in [-0.4, -0.2) is 34.2 Å². The van der Waals surface area contributed by atoms with E-state index in [0.717, 1.165) is 4.90 Å². The summed E-state index contributed by atoms with van der Waals surface area (Å²) in [5.41, 5.74) is 0.0444. The summed E-state index contributed by atoms with van der Waals surface area (Å²) in [4.78, 5) is 42.2. The summed E-state index contributed by atoms with van der Waals surface area (Å²) in [5, 5.41) is 11.4. The third kappa shape index (κ3) is 2.85. The third-order valence-corrected chi connectivity index (χ3v) is 4.15. The minimum Gasteiger partial charge on any atom is -0.319 e. The maximum Gasteiger partial charge on any atom is 0.325 e. The van der Waals surface area contributed by atoms with Crippen molar-refractivity contribution in [2.45, 2.75) is 12.5 Å². The van der Waals surface area contributed by atoms with E-state index in [1.807, 2.05) is 6.07 Å². The second kappa shape index (κ2) is 6.17. The van der Waals surface area contributed by atoms with E-state index in [9.17, 15) is 14.4 Å². The Bertz CT molecular complexity index is 887. The molecule has 1 fully saturated rings. The highest BCUT2D eigenvalue weighted by Crippen LogP contribution is 2.28. The highest BCUT2D eigenvalue weighted by Gasteiger charge is 2.49. The zero-order chi connectivity index (χ0) is 18.0. The molecule has 0 radical (unpaired) electrons. The molecular weight excluding hydrogens is 320 g/mol. The van der Waals surface area contributed by atoms with Crippen molar-refractivity contribution in [1.29, 1.82) is 5.26 Å². The lowest BCUT2D eigenvalue weighted by molar-refractivity contribution is -0.130. The van der Waals surface area contributed by atoms with Gasteiger partial charge in [0, 0.05) is 23.5 Å². The number of amides is 3. The summed E-state index contributed by atoms with van der Waals surface area (Å²) in [6.07, 6.45) is 3.07. The summed E-state index contributed by atoms with van der Waals surface area (Å²) < 4.78 is 0. The number of urea groups is 1. The molecule has 0 unspecified atom stereocenters. The van der Waals surface area contributed by atoms with E-state index in [1.54, 1.807) is 25.3 Å². The lowest BCUT2D eigenvalue weighted by Crippen LogP contribution is -2.41. The number of hydrogen-bond donors (Lipinski definition) is 1. The Kier molecular flexibility index (Phi) is 4.03. The predicted molar refractivity (Wildman–Crippen MR) is 87.3 cm³/mol. The number of pyridine rings is 1. The normalized spacial score (nSPS) is 19.4. The van der Waals surface area contributed by atoms with Crippen molar-refractivity contribution in [3.05, 3.63) is 65.5 Å². The Morgan fingerprint density at radius 3 is 2.60 bits per heavy atom. The lowest BCUT2D eigenvalue weighted by Gasteiger charge is -2.21. The van der Waals surface area contributed by atoms with Crippen LogP contribution in [0.5, 0.6) is 0 Å². The molecule has 0 spiro atoms. The molecule has 1 aliphatic heterocycles. The number of nitrogens with zero attached hydrogens (tertiary/aromatic N) is 3. The number of carbonyl (C=O) groups is 3. The van der Waals surface area contributed by atoms with E-state index < -0.39 is 17.5 Å². The largest absolute Gasteiger partial charge is 0.325 e. The number of nitrogens with one attached hydrogen (secondary N) is 1. The fourth-order valence-electron chi connectivity index (χ4n) is 2.66. The van der Waals surface area contributed by atoms with Gasteiger partial charge >= 0.3 is 6.03 Å². The van der Waals surface area contributed by atoms with Gasteiger partial charge in [-0.1, -0.05) is 18.2 Å². The first-order valence-corrected chi connectivity index (χ1v) is 7.53. The predicted octanol–water partition coefficient (Wildman–Crippen LogP) is 1.60. The van der Waals surface area contributed by atoms with Gasteiger partial charge in [0.1, 0.15) is 5.54 Å². The molecule has 0 aliphatic carbocycles. The van der Waals surface area contributed by atoms with Crippen LogP contribution in [0.25, 0.3) is 0 Å². The van der Waals surface area contributed by atoms with Crippen LogP contribution in [-0.2, 0) is 10.3 Å². The monoisotopic (exact) mass is 334 g/mol. The minimum absolute atomic E-state index is 0.328. The van der Waals surface area contributed by atoms with Crippen molar-refractivity contribution in [3.8, 4) is 6.07 Å². The van der Waals surface area contributed by atoms with Crippen molar-refractivity contribution >= 4 is 17.7 Å². The third-order valence-electron chi connectivity index (χ3n) is 4.15. The average molecular weight is 334 g/mol. The lowest BCUT2D eigenvalue weighted by atomic mass is 9.93. The maximum absolute atomic E-state index is 12.7. The molecule has 124 valence electrons. The number of Topliss-reactive ketones (excluding diaryl/α,β-unsaturated/α-hetero) is 1.